The zero-order valence-electron chi connectivity index (χ0n) is 17.5. The Labute approximate surface area is 185 Å². The largest absolute Gasteiger partial charge is 0.481 e. The van der Waals surface area contributed by atoms with E-state index in [2.05, 4.69) is 0 Å². The summed E-state index contributed by atoms with van der Waals surface area (Å²) in [5.74, 6) is -0.358. The summed E-state index contributed by atoms with van der Waals surface area (Å²) in [4.78, 5) is 11.6. The fourth-order valence-corrected chi connectivity index (χ4v) is 3.50. The number of aryl methyl sites for hydroxylation is 2. The molecule has 0 aromatic heterocycles. The molecular formula is C26H25F3O3. The molecule has 0 radical (unpaired) electrons. The Balaban J connectivity index is 1.48. The molecule has 0 aliphatic rings. The molecule has 0 heterocycles. The van der Waals surface area contributed by atoms with Gasteiger partial charge in [0, 0.05) is 0 Å². The Bertz CT molecular complexity index is 982. The molecule has 0 saturated carbocycles. The second-order valence-electron chi connectivity index (χ2n) is 7.72. The minimum absolute atomic E-state index is 0.315. The fraction of sp³-hybridized carbons (Fsp3) is 0.269. The molecule has 3 rings (SSSR count). The zero-order valence-corrected chi connectivity index (χ0v) is 17.5. The summed E-state index contributed by atoms with van der Waals surface area (Å²) in [6, 6.07) is 21.7. The number of halogens is 3. The van der Waals surface area contributed by atoms with Gasteiger partial charge in [-0.3, -0.25) is 4.79 Å². The van der Waals surface area contributed by atoms with Gasteiger partial charge in [0.15, 0.2) is 0 Å². The van der Waals surface area contributed by atoms with Gasteiger partial charge in [0.2, 0.25) is 0 Å². The first kappa shape index (κ1) is 23.4. The molecule has 1 atom stereocenters. The molecule has 168 valence electrons. The van der Waals surface area contributed by atoms with E-state index >= 15 is 0 Å². The molecule has 3 aromatic carbocycles. The lowest BCUT2D eigenvalue weighted by Crippen LogP contribution is -2.15. The van der Waals surface area contributed by atoms with Crippen LogP contribution < -0.4 is 4.74 Å². The van der Waals surface area contributed by atoms with Crippen LogP contribution in [0, 0.1) is 5.92 Å². The minimum Gasteiger partial charge on any atom is -0.481 e. The first-order valence-corrected chi connectivity index (χ1v) is 10.5. The summed E-state index contributed by atoms with van der Waals surface area (Å²) < 4.78 is 43.5. The quantitative estimate of drug-likeness (QED) is 0.363. The Morgan fingerprint density at radius 2 is 1.34 bits per heavy atom. The van der Waals surface area contributed by atoms with Gasteiger partial charge < -0.3 is 9.84 Å². The highest BCUT2D eigenvalue weighted by Gasteiger charge is 2.30. The fourth-order valence-electron chi connectivity index (χ4n) is 3.50. The average molecular weight is 442 g/mol. The van der Waals surface area contributed by atoms with Gasteiger partial charge >= 0.3 is 12.1 Å². The summed E-state index contributed by atoms with van der Waals surface area (Å²) in [5.41, 5.74) is 1.47. The molecule has 32 heavy (non-hydrogen) atoms. The Morgan fingerprint density at radius 3 is 1.91 bits per heavy atom. The number of hydrogen-bond donors (Lipinski definition) is 1. The number of hydrogen-bond acceptors (Lipinski definition) is 2. The van der Waals surface area contributed by atoms with Gasteiger partial charge in [0.05, 0.1) is 11.5 Å². The monoisotopic (exact) mass is 442 g/mol. The predicted molar refractivity (Wildman–Crippen MR) is 117 cm³/mol. The molecule has 0 spiro atoms. The predicted octanol–water partition coefficient (Wildman–Crippen LogP) is 7.15. The van der Waals surface area contributed by atoms with Gasteiger partial charge in [-0.15, -0.1) is 0 Å². The average Bonchev–Trinajstić information content (AvgIpc) is 2.77. The van der Waals surface area contributed by atoms with Gasteiger partial charge in [-0.1, -0.05) is 42.5 Å². The van der Waals surface area contributed by atoms with Crippen LogP contribution in [0.15, 0.2) is 78.9 Å². The van der Waals surface area contributed by atoms with Crippen LogP contribution in [0.5, 0.6) is 11.5 Å². The minimum atomic E-state index is -4.38. The van der Waals surface area contributed by atoms with E-state index in [9.17, 15) is 23.1 Å². The van der Waals surface area contributed by atoms with Crippen LogP contribution in [0.4, 0.5) is 13.2 Å². The molecule has 0 amide bonds. The van der Waals surface area contributed by atoms with Crippen LogP contribution in [0.1, 0.15) is 36.0 Å². The molecular weight excluding hydrogens is 417 g/mol. The SMILES string of the molecule is O=C(O)C(CCCc1ccccc1)CCc1ccc(Oc2ccc(C(F)(F)F)cc2)cc1. The maximum Gasteiger partial charge on any atom is 0.416 e. The van der Waals surface area contributed by atoms with E-state index in [0.29, 0.717) is 30.8 Å². The lowest BCUT2D eigenvalue weighted by molar-refractivity contribution is -0.142. The van der Waals surface area contributed by atoms with E-state index < -0.39 is 23.6 Å². The summed E-state index contributed by atoms with van der Waals surface area (Å²) in [5, 5.41) is 9.54. The summed E-state index contributed by atoms with van der Waals surface area (Å²) in [6.45, 7) is 0. The third kappa shape index (κ3) is 7.15. The number of alkyl halides is 3. The Hall–Kier alpha value is -3.28. The van der Waals surface area contributed by atoms with Crippen LogP contribution in [0.3, 0.4) is 0 Å². The summed E-state index contributed by atoms with van der Waals surface area (Å²) in [6.07, 6.45) is -0.900. The molecule has 0 aliphatic heterocycles. The highest BCUT2D eigenvalue weighted by molar-refractivity contribution is 5.69. The number of ether oxygens (including phenoxy) is 1. The molecule has 0 aliphatic carbocycles. The van der Waals surface area contributed by atoms with E-state index in [0.717, 1.165) is 30.5 Å². The van der Waals surface area contributed by atoms with Crippen molar-refractivity contribution in [3.63, 3.8) is 0 Å². The van der Waals surface area contributed by atoms with E-state index in [4.69, 9.17) is 4.74 Å². The van der Waals surface area contributed by atoms with Crippen LogP contribution in [-0.2, 0) is 23.8 Å². The number of rotatable bonds is 10. The Kier molecular flexibility index (Phi) is 7.92. The topological polar surface area (TPSA) is 46.5 Å². The maximum atomic E-state index is 12.6. The molecule has 0 fully saturated rings. The molecule has 3 nitrogen and oxygen atoms in total. The van der Waals surface area contributed by atoms with Gasteiger partial charge in [0.25, 0.3) is 0 Å². The lowest BCUT2D eigenvalue weighted by Gasteiger charge is -2.13. The van der Waals surface area contributed by atoms with Crippen molar-refractivity contribution in [3.8, 4) is 11.5 Å². The van der Waals surface area contributed by atoms with Crippen LogP contribution in [0.25, 0.3) is 0 Å². The summed E-state index contributed by atoms with van der Waals surface area (Å²) in [7, 11) is 0. The molecule has 6 heteroatoms. The van der Waals surface area contributed by atoms with E-state index in [1.807, 2.05) is 42.5 Å². The van der Waals surface area contributed by atoms with Crippen molar-refractivity contribution in [1.82, 2.24) is 0 Å². The van der Waals surface area contributed by atoms with E-state index in [1.54, 1.807) is 12.1 Å². The second-order valence-corrected chi connectivity index (χ2v) is 7.72. The first-order valence-electron chi connectivity index (χ1n) is 10.5. The second kappa shape index (κ2) is 10.8. The zero-order chi connectivity index (χ0) is 23.0. The van der Waals surface area contributed by atoms with Gasteiger partial charge in [-0.2, -0.15) is 13.2 Å². The lowest BCUT2D eigenvalue weighted by atomic mass is 9.93. The smallest absolute Gasteiger partial charge is 0.416 e. The van der Waals surface area contributed by atoms with Crippen molar-refractivity contribution in [2.24, 2.45) is 5.92 Å². The normalized spacial score (nSPS) is 12.3. The summed E-state index contributed by atoms with van der Waals surface area (Å²) >= 11 is 0. The van der Waals surface area contributed by atoms with Crippen molar-refractivity contribution in [2.45, 2.75) is 38.3 Å². The van der Waals surface area contributed by atoms with Crippen molar-refractivity contribution in [2.75, 3.05) is 0 Å². The van der Waals surface area contributed by atoms with Gasteiger partial charge in [-0.05, 0) is 79.6 Å². The standard InChI is InChI=1S/C26H25F3O3/c27-26(28,29)22-13-17-24(18-14-22)32-23-15-10-20(11-16-23)9-12-21(25(30)31)8-4-7-19-5-2-1-3-6-19/h1-3,5-6,10-11,13-18,21H,4,7-9,12H2,(H,30,31). The third-order valence-corrected chi connectivity index (χ3v) is 5.33. The Morgan fingerprint density at radius 1 is 0.781 bits per heavy atom. The number of carboxylic acids is 1. The van der Waals surface area contributed by atoms with Gasteiger partial charge in [-0.25, -0.2) is 0 Å². The number of benzene rings is 3. The van der Waals surface area contributed by atoms with Gasteiger partial charge in [0.1, 0.15) is 11.5 Å². The molecule has 1 unspecified atom stereocenters. The highest BCUT2D eigenvalue weighted by atomic mass is 19.4. The van der Waals surface area contributed by atoms with Crippen LogP contribution in [-0.4, -0.2) is 11.1 Å². The highest BCUT2D eigenvalue weighted by Crippen LogP contribution is 2.31. The van der Waals surface area contributed by atoms with Crippen molar-refractivity contribution < 1.29 is 27.8 Å². The number of aliphatic carboxylic acids is 1. The van der Waals surface area contributed by atoms with Crippen molar-refractivity contribution in [1.29, 1.82) is 0 Å². The van der Waals surface area contributed by atoms with Crippen LogP contribution >= 0.6 is 0 Å². The van der Waals surface area contributed by atoms with Crippen molar-refractivity contribution in [3.05, 3.63) is 95.6 Å². The first-order chi connectivity index (χ1) is 15.3. The number of carbonyl (C=O) groups is 1. The maximum absolute atomic E-state index is 12.6. The molecule has 3 aromatic rings. The molecule has 0 saturated heterocycles. The van der Waals surface area contributed by atoms with E-state index in [-0.39, 0.29) is 0 Å². The number of carboxylic acid groups (broad SMARTS) is 1. The third-order valence-electron chi connectivity index (χ3n) is 5.33. The van der Waals surface area contributed by atoms with Crippen LogP contribution in [0.2, 0.25) is 0 Å². The molecule has 1 N–H and O–H groups in total. The van der Waals surface area contributed by atoms with E-state index in [1.165, 1.54) is 17.7 Å². The van der Waals surface area contributed by atoms with Crippen molar-refractivity contribution >= 4 is 5.97 Å². The molecule has 0 bridgehead atoms.